The van der Waals surface area contributed by atoms with E-state index in [9.17, 15) is 0 Å². The van der Waals surface area contributed by atoms with Gasteiger partial charge in [0.25, 0.3) is 0 Å². The number of hydrogen-bond acceptors (Lipinski definition) is 6. The van der Waals surface area contributed by atoms with E-state index in [4.69, 9.17) is 5.73 Å². The van der Waals surface area contributed by atoms with Crippen molar-refractivity contribution in [1.29, 1.82) is 0 Å². The molecule has 1 aliphatic rings. The van der Waals surface area contributed by atoms with Crippen LogP contribution in [0.2, 0.25) is 0 Å². The van der Waals surface area contributed by atoms with Crippen LogP contribution in [0.3, 0.4) is 0 Å². The van der Waals surface area contributed by atoms with Crippen LogP contribution < -0.4 is 5.73 Å². The van der Waals surface area contributed by atoms with Crippen molar-refractivity contribution in [1.82, 2.24) is 24.8 Å². The fourth-order valence-corrected chi connectivity index (χ4v) is 2.38. The summed E-state index contributed by atoms with van der Waals surface area (Å²) in [6, 6.07) is 0.190. The molecule has 0 radical (unpaired) electrons. The third-order valence-electron chi connectivity index (χ3n) is 3.57. The fraction of sp³-hybridized carbons (Fsp3) is 0.769. The van der Waals surface area contributed by atoms with E-state index < -0.39 is 0 Å². The van der Waals surface area contributed by atoms with E-state index in [2.05, 4.69) is 52.7 Å². The van der Waals surface area contributed by atoms with Gasteiger partial charge >= 0.3 is 0 Å². The van der Waals surface area contributed by atoms with Gasteiger partial charge in [-0.1, -0.05) is 13.8 Å². The maximum atomic E-state index is 5.83. The second kappa shape index (κ2) is 5.79. The van der Waals surface area contributed by atoms with E-state index in [0.717, 1.165) is 31.3 Å². The minimum atomic E-state index is 0.190. The molecule has 0 saturated carbocycles. The Morgan fingerprint density at radius 1 is 1.16 bits per heavy atom. The summed E-state index contributed by atoms with van der Waals surface area (Å²) in [5.41, 5.74) is 5.83. The summed E-state index contributed by atoms with van der Waals surface area (Å²) in [5, 5.41) is 0. The first-order chi connectivity index (χ1) is 8.97. The van der Waals surface area contributed by atoms with Crippen LogP contribution in [-0.2, 0) is 0 Å². The van der Waals surface area contributed by atoms with Gasteiger partial charge in [-0.25, -0.2) is 4.98 Å². The molecule has 6 heteroatoms. The van der Waals surface area contributed by atoms with Gasteiger partial charge in [0, 0.05) is 12.5 Å². The summed E-state index contributed by atoms with van der Waals surface area (Å²) in [6.45, 7) is 7.23. The molecule has 1 atom stereocenters. The lowest BCUT2D eigenvalue weighted by Crippen LogP contribution is -2.32. The van der Waals surface area contributed by atoms with Crippen molar-refractivity contribution < 1.29 is 0 Å². The first-order valence-corrected chi connectivity index (χ1v) is 6.87. The number of nitrogens with two attached hydrogens (primary N) is 1. The highest BCUT2D eigenvalue weighted by Gasteiger charge is 2.25. The molecule has 0 amide bonds. The van der Waals surface area contributed by atoms with Crippen LogP contribution in [0.5, 0.6) is 0 Å². The van der Waals surface area contributed by atoms with Crippen molar-refractivity contribution >= 4 is 5.95 Å². The van der Waals surface area contributed by atoms with Gasteiger partial charge in [0.1, 0.15) is 5.82 Å². The number of rotatable bonds is 2. The second-order valence-corrected chi connectivity index (χ2v) is 5.68. The molecule has 0 bridgehead atoms. The molecule has 1 aliphatic heterocycles. The predicted molar refractivity (Wildman–Crippen MR) is 75.8 cm³/mol. The van der Waals surface area contributed by atoms with E-state index in [0.29, 0.717) is 5.95 Å². The number of nitrogen functional groups attached to an aromatic ring is 1. The maximum Gasteiger partial charge on any atom is 0.223 e. The first-order valence-electron chi connectivity index (χ1n) is 6.87. The molecule has 0 aliphatic carbocycles. The first kappa shape index (κ1) is 14.1. The molecule has 1 aromatic heterocycles. The highest BCUT2D eigenvalue weighted by Crippen LogP contribution is 2.22. The molecule has 6 nitrogen and oxygen atoms in total. The van der Waals surface area contributed by atoms with Crippen LogP contribution in [0.4, 0.5) is 5.95 Å². The molecule has 2 rings (SSSR count). The van der Waals surface area contributed by atoms with Crippen LogP contribution in [0, 0.1) is 0 Å². The third-order valence-corrected chi connectivity index (χ3v) is 3.57. The average Bonchev–Trinajstić information content (AvgIpc) is 2.50. The smallest absolute Gasteiger partial charge is 0.223 e. The van der Waals surface area contributed by atoms with Crippen molar-refractivity contribution in [3.63, 3.8) is 0 Å². The molecule has 2 heterocycles. The highest BCUT2D eigenvalue weighted by molar-refractivity contribution is 5.18. The molecule has 1 fully saturated rings. The van der Waals surface area contributed by atoms with Gasteiger partial charge in [0.2, 0.25) is 5.95 Å². The normalized spacial score (nSPS) is 22.7. The zero-order chi connectivity index (χ0) is 14.0. The van der Waals surface area contributed by atoms with Crippen LogP contribution in [0.25, 0.3) is 0 Å². The van der Waals surface area contributed by atoms with Gasteiger partial charge in [-0.05, 0) is 33.6 Å². The largest absolute Gasteiger partial charge is 0.368 e. The van der Waals surface area contributed by atoms with Crippen molar-refractivity contribution in [2.45, 2.75) is 32.2 Å². The Kier molecular flexibility index (Phi) is 4.31. The summed E-state index contributed by atoms with van der Waals surface area (Å²) < 4.78 is 0. The van der Waals surface area contributed by atoms with Gasteiger partial charge in [-0.2, -0.15) is 9.97 Å². The molecular weight excluding hydrogens is 240 g/mol. The van der Waals surface area contributed by atoms with E-state index >= 15 is 0 Å². The summed E-state index contributed by atoms with van der Waals surface area (Å²) in [5.74, 6) is 2.17. The van der Waals surface area contributed by atoms with Crippen LogP contribution in [-0.4, -0.2) is 58.5 Å². The number of hydrogen-bond donors (Lipinski definition) is 1. The zero-order valence-corrected chi connectivity index (χ0v) is 12.3. The Balaban J connectivity index is 2.33. The zero-order valence-electron chi connectivity index (χ0n) is 12.3. The third kappa shape index (κ3) is 3.39. The predicted octanol–water partition coefficient (Wildman–Crippen LogP) is 0.886. The Labute approximate surface area is 115 Å². The lowest BCUT2D eigenvalue weighted by molar-refractivity contribution is 0.219. The van der Waals surface area contributed by atoms with Crippen molar-refractivity contribution in [2.24, 2.45) is 0 Å². The minimum Gasteiger partial charge on any atom is -0.368 e. The number of anilines is 1. The fourth-order valence-electron chi connectivity index (χ4n) is 2.38. The Bertz CT molecular complexity index is 433. The van der Waals surface area contributed by atoms with Gasteiger partial charge in [-0.15, -0.1) is 0 Å². The topological polar surface area (TPSA) is 71.2 Å². The molecule has 19 heavy (non-hydrogen) atoms. The van der Waals surface area contributed by atoms with Crippen molar-refractivity contribution in [2.75, 3.05) is 39.5 Å². The van der Waals surface area contributed by atoms with E-state index in [1.54, 1.807) is 0 Å². The maximum absolute atomic E-state index is 5.83. The van der Waals surface area contributed by atoms with E-state index in [1.807, 2.05) is 0 Å². The molecular formula is C13H24N6. The molecule has 0 aromatic carbocycles. The Morgan fingerprint density at radius 3 is 2.58 bits per heavy atom. The van der Waals surface area contributed by atoms with Crippen LogP contribution in [0.15, 0.2) is 0 Å². The quantitative estimate of drug-likeness (QED) is 0.855. The van der Waals surface area contributed by atoms with Gasteiger partial charge in [-0.3, -0.25) is 4.90 Å². The van der Waals surface area contributed by atoms with Crippen molar-refractivity contribution in [3.05, 3.63) is 11.6 Å². The van der Waals surface area contributed by atoms with E-state index in [1.165, 1.54) is 6.42 Å². The highest BCUT2D eigenvalue weighted by atomic mass is 15.2. The molecule has 1 saturated heterocycles. The van der Waals surface area contributed by atoms with E-state index in [-0.39, 0.29) is 12.0 Å². The summed E-state index contributed by atoms with van der Waals surface area (Å²) in [4.78, 5) is 17.8. The SMILES string of the molecule is CC(C)c1nc(N)nc(C2CN(C)CCCN2C)n1. The molecule has 1 aromatic rings. The summed E-state index contributed by atoms with van der Waals surface area (Å²) in [6.07, 6.45) is 1.17. The molecule has 106 valence electrons. The number of aromatic nitrogens is 3. The number of nitrogens with zero attached hydrogens (tertiary/aromatic N) is 5. The van der Waals surface area contributed by atoms with Gasteiger partial charge < -0.3 is 10.6 Å². The van der Waals surface area contributed by atoms with Gasteiger partial charge in [0.15, 0.2) is 5.82 Å². The minimum absolute atomic E-state index is 0.190. The second-order valence-electron chi connectivity index (χ2n) is 5.68. The molecule has 1 unspecified atom stereocenters. The van der Waals surface area contributed by atoms with Crippen molar-refractivity contribution in [3.8, 4) is 0 Å². The summed E-state index contributed by atoms with van der Waals surface area (Å²) in [7, 11) is 4.26. The molecule has 2 N–H and O–H groups in total. The van der Waals surface area contributed by atoms with Gasteiger partial charge in [0.05, 0.1) is 6.04 Å². The summed E-state index contributed by atoms with van der Waals surface area (Å²) >= 11 is 0. The van der Waals surface area contributed by atoms with Crippen LogP contribution in [0.1, 0.15) is 43.9 Å². The Hall–Kier alpha value is -1.27. The Morgan fingerprint density at radius 2 is 1.89 bits per heavy atom. The average molecular weight is 264 g/mol. The lowest BCUT2D eigenvalue weighted by Gasteiger charge is -2.26. The standard InChI is InChI=1S/C13H24N6/c1-9(2)11-15-12(17-13(14)16-11)10-8-18(3)6-5-7-19(10)4/h9-10H,5-8H2,1-4H3,(H2,14,15,16,17). The molecule has 0 spiro atoms. The monoisotopic (exact) mass is 264 g/mol. The van der Waals surface area contributed by atoms with Crippen LogP contribution >= 0.6 is 0 Å². The lowest BCUT2D eigenvalue weighted by atomic mass is 10.2. The number of likely N-dealkylation sites (N-methyl/N-ethyl adjacent to an activating group) is 2.